The molecule has 0 heterocycles. The fourth-order valence-electron chi connectivity index (χ4n) is 0.453. The number of hydrogen-bond acceptors (Lipinski definition) is 5. The summed E-state index contributed by atoms with van der Waals surface area (Å²) >= 11 is 3.98. The van der Waals surface area contributed by atoms with Crippen LogP contribution in [-0.2, 0) is 9.59 Å². The monoisotopic (exact) mass is 238 g/mol. The summed E-state index contributed by atoms with van der Waals surface area (Å²) in [7, 11) is 1.59. The second-order valence-corrected chi connectivity index (χ2v) is 4.55. The van der Waals surface area contributed by atoms with E-state index in [9.17, 15) is 9.59 Å². The highest BCUT2D eigenvalue weighted by molar-refractivity contribution is 7.81. The maximum atomic E-state index is 10.2. The summed E-state index contributed by atoms with van der Waals surface area (Å²) < 4.78 is -0.647. The topological polar surface area (TPSA) is 113 Å². The number of nitrogens with one attached hydrogen (secondary N) is 1. The average Bonchev–Trinajstić information content (AvgIpc) is 2.01. The van der Waals surface area contributed by atoms with Crippen molar-refractivity contribution in [3.05, 3.63) is 0 Å². The highest BCUT2D eigenvalue weighted by Crippen LogP contribution is 2.15. The summed E-state index contributed by atoms with van der Waals surface area (Å²) in [5.74, 6) is -1.84. The Morgan fingerprint density at radius 2 is 1.87 bits per heavy atom. The van der Waals surface area contributed by atoms with Crippen molar-refractivity contribution in [3.8, 4) is 0 Å². The Bertz CT molecular complexity index is 215. The Labute approximate surface area is 94.3 Å². The van der Waals surface area contributed by atoms with E-state index in [-0.39, 0.29) is 6.54 Å². The van der Waals surface area contributed by atoms with Gasteiger partial charge in [0.15, 0.2) is 0 Å². The highest BCUT2D eigenvalue weighted by Gasteiger charge is 2.27. The Kier molecular flexibility index (Phi) is 8.31. The first-order valence-corrected chi connectivity index (χ1v) is 4.64. The molecule has 0 radical (unpaired) electrons. The molecule has 0 aliphatic carbocycles. The summed E-state index contributed by atoms with van der Waals surface area (Å²) in [4.78, 5) is 19.7. The summed E-state index contributed by atoms with van der Waals surface area (Å²) in [5.41, 5.74) is 5.22. The number of carboxylic acids is 2. The number of carbonyl (C=O) groups is 2. The van der Waals surface area contributed by atoms with Gasteiger partial charge in [0.2, 0.25) is 0 Å². The van der Waals surface area contributed by atoms with Crippen LogP contribution < -0.4 is 11.1 Å². The number of thiol groups is 1. The SMILES string of the molecule is CC(C)(S)[C@H](N)C(=O)O.CNCC(=O)O. The molecule has 5 N–H and O–H groups in total. The van der Waals surface area contributed by atoms with Gasteiger partial charge in [-0.2, -0.15) is 12.6 Å². The van der Waals surface area contributed by atoms with E-state index in [0.717, 1.165) is 0 Å². The van der Waals surface area contributed by atoms with Crippen molar-refractivity contribution in [2.45, 2.75) is 24.6 Å². The lowest BCUT2D eigenvalue weighted by Gasteiger charge is -2.21. The fraction of sp³-hybridized carbons (Fsp3) is 0.750. The number of rotatable bonds is 4. The molecule has 0 spiro atoms. The van der Waals surface area contributed by atoms with Crippen LogP contribution in [0, 0.1) is 0 Å². The molecule has 1 atom stereocenters. The van der Waals surface area contributed by atoms with Gasteiger partial charge in [-0.25, -0.2) is 0 Å². The van der Waals surface area contributed by atoms with Crippen LogP contribution in [0.25, 0.3) is 0 Å². The lowest BCUT2D eigenvalue weighted by atomic mass is 10.1. The van der Waals surface area contributed by atoms with Gasteiger partial charge in [0.05, 0.1) is 6.54 Å². The Hall–Kier alpha value is -0.790. The van der Waals surface area contributed by atoms with Crippen molar-refractivity contribution in [2.24, 2.45) is 5.73 Å². The molecule has 0 saturated heterocycles. The lowest BCUT2D eigenvalue weighted by molar-refractivity contribution is -0.139. The molecule has 0 aromatic heterocycles. The minimum absolute atomic E-state index is 0.0417. The summed E-state index contributed by atoms with van der Waals surface area (Å²) in [6.45, 7) is 3.36. The van der Waals surface area contributed by atoms with Gasteiger partial charge in [0.1, 0.15) is 6.04 Å². The minimum atomic E-state index is -1.02. The molecule has 0 unspecified atom stereocenters. The predicted molar refractivity (Wildman–Crippen MR) is 60.2 cm³/mol. The minimum Gasteiger partial charge on any atom is -0.480 e. The standard InChI is InChI=1S/C5H11NO2S.C3H7NO2/c1-5(2,9)3(6)4(7)8;1-4-2-3(5)6/h3,9H,6H2,1-2H3,(H,7,8);4H,2H2,1H3,(H,5,6)/t3-;/m1./s1. The van der Waals surface area contributed by atoms with Crippen LogP contribution in [0.4, 0.5) is 0 Å². The Balaban J connectivity index is 0. The van der Waals surface area contributed by atoms with Crippen LogP contribution in [0.1, 0.15) is 13.8 Å². The van der Waals surface area contributed by atoms with Gasteiger partial charge in [-0.05, 0) is 20.9 Å². The molecule has 0 amide bonds. The van der Waals surface area contributed by atoms with Crippen molar-refractivity contribution in [2.75, 3.05) is 13.6 Å². The first-order valence-electron chi connectivity index (χ1n) is 4.20. The van der Waals surface area contributed by atoms with Crippen LogP contribution in [0.5, 0.6) is 0 Å². The number of nitrogens with two attached hydrogens (primary N) is 1. The quantitative estimate of drug-likeness (QED) is 0.418. The van der Waals surface area contributed by atoms with Crippen LogP contribution in [0.3, 0.4) is 0 Å². The van der Waals surface area contributed by atoms with E-state index in [0.29, 0.717) is 0 Å². The van der Waals surface area contributed by atoms with Gasteiger partial charge >= 0.3 is 11.9 Å². The predicted octanol–water partition coefficient (Wildman–Crippen LogP) is -0.603. The van der Waals surface area contributed by atoms with E-state index in [4.69, 9.17) is 15.9 Å². The molecule has 0 aromatic rings. The highest BCUT2D eigenvalue weighted by atomic mass is 32.1. The van der Waals surface area contributed by atoms with Gasteiger partial charge < -0.3 is 21.3 Å². The van der Waals surface area contributed by atoms with E-state index in [2.05, 4.69) is 17.9 Å². The Morgan fingerprint density at radius 3 is 1.87 bits per heavy atom. The largest absolute Gasteiger partial charge is 0.480 e. The zero-order valence-electron chi connectivity index (χ0n) is 9.02. The number of hydrogen-bond donors (Lipinski definition) is 5. The molecule has 7 heteroatoms. The van der Waals surface area contributed by atoms with E-state index in [1.165, 1.54) is 0 Å². The normalized spacial score (nSPS) is 12.3. The van der Waals surface area contributed by atoms with Crippen molar-refractivity contribution >= 4 is 24.6 Å². The van der Waals surface area contributed by atoms with Gasteiger partial charge in [0.25, 0.3) is 0 Å². The van der Waals surface area contributed by atoms with Gasteiger partial charge in [0, 0.05) is 4.75 Å². The molecule has 0 aliphatic rings. The zero-order valence-corrected chi connectivity index (χ0v) is 9.91. The first kappa shape index (κ1) is 16.6. The third kappa shape index (κ3) is 11.1. The van der Waals surface area contributed by atoms with Crippen LogP contribution in [-0.4, -0.2) is 46.5 Å². The molecule has 15 heavy (non-hydrogen) atoms. The van der Waals surface area contributed by atoms with Crippen LogP contribution in [0.2, 0.25) is 0 Å². The average molecular weight is 238 g/mol. The number of aliphatic carboxylic acids is 2. The second kappa shape index (κ2) is 7.49. The third-order valence-corrected chi connectivity index (χ3v) is 1.63. The van der Waals surface area contributed by atoms with Crippen molar-refractivity contribution in [1.82, 2.24) is 5.32 Å². The molecular weight excluding hydrogens is 220 g/mol. The second-order valence-electron chi connectivity index (χ2n) is 3.39. The molecule has 0 fully saturated rings. The number of likely N-dealkylation sites (N-methyl/N-ethyl adjacent to an activating group) is 1. The van der Waals surface area contributed by atoms with E-state index in [1.54, 1.807) is 20.9 Å². The smallest absolute Gasteiger partial charge is 0.321 e. The molecule has 0 aromatic carbocycles. The third-order valence-electron chi connectivity index (χ3n) is 1.36. The molecule has 0 rings (SSSR count). The zero-order chi connectivity index (χ0) is 12.6. The summed E-state index contributed by atoms with van der Waals surface area (Å²) in [6, 6.07) is -0.902. The lowest BCUT2D eigenvalue weighted by Crippen LogP contribution is -2.45. The van der Waals surface area contributed by atoms with E-state index < -0.39 is 22.7 Å². The fourth-order valence-corrected chi connectivity index (χ4v) is 0.564. The van der Waals surface area contributed by atoms with Crippen LogP contribution >= 0.6 is 12.6 Å². The number of carboxylic acid groups (broad SMARTS) is 2. The maximum Gasteiger partial charge on any atom is 0.321 e. The molecule has 90 valence electrons. The molecular formula is C8H18N2O4S. The molecule has 0 bridgehead atoms. The van der Waals surface area contributed by atoms with Crippen LogP contribution in [0.15, 0.2) is 0 Å². The summed E-state index contributed by atoms with van der Waals surface area (Å²) in [5, 5.41) is 18.7. The molecule has 0 aliphatic heterocycles. The van der Waals surface area contributed by atoms with Crippen molar-refractivity contribution < 1.29 is 19.8 Å². The summed E-state index contributed by atoms with van der Waals surface area (Å²) in [6.07, 6.45) is 0. The van der Waals surface area contributed by atoms with Gasteiger partial charge in [-0.1, -0.05) is 0 Å². The van der Waals surface area contributed by atoms with Gasteiger partial charge in [-0.3, -0.25) is 9.59 Å². The molecule has 0 saturated carbocycles. The maximum absolute atomic E-state index is 10.2. The van der Waals surface area contributed by atoms with Crippen molar-refractivity contribution in [1.29, 1.82) is 0 Å². The van der Waals surface area contributed by atoms with Crippen molar-refractivity contribution in [3.63, 3.8) is 0 Å². The van der Waals surface area contributed by atoms with E-state index >= 15 is 0 Å². The van der Waals surface area contributed by atoms with Gasteiger partial charge in [-0.15, -0.1) is 0 Å². The Morgan fingerprint density at radius 1 is 1.47 bits per heavy atom. The van der Waals surface area contributed by atoms with E-state index in [1.807, 2.05) is 0 Å². The first-order chi connectivity index (χ1) is 6.62. The molecule has 6 nitrogen and oxygen atoms in total.